The number of carboxylic acids is 1. The Hall–Kier alpha value is -1.00. The van der Waals surface area contributed by atoms with Crippen LogP contribution < -0.4 is 0 Å². The minimum Gasteiger partial charge on any atom is -0.478 e. The molecule has 0 spiro atoms. The van der Waals surface area contributed by atoms with E-state index in [1.54, 1.807) is 0 Å². The molecular weight excluding hydrogens is 281 g/mol. The molecule has 0 unspecified atom stereocenters. The molecule has 0 amide bonds. The molecule has 21 heavy (non-hydrogen) atoms. The Kier molecular flexibility index (Phi) is 3.37. The van der Waals surface area contributed by atoms with Crippen molar-refractivity contribution in [3.8, 4) is 0 Å². The zero-order chi connectivity index (χ0) is 15.4. The second kappa shape index (κ2) is 4.75. The number of hydrogen-bond donors (Lipinski definition) is 1. The first-order valence-corrected chi connectivity index (χ1v) is 7.79. The number of allylic oxidation sites excluding steroid dienone is 1. The second-order valence-electron chi connectivity index (χ2n) is 7.13. The van der Waals surface area contributed by atoms with Crippen LogP contribution in [0.4, 0.5) is 13.2 Å². The molecule has 2 nitrogen and oxygen atoms in total. The van der Waals surface area contributed by atoms with Gasteiger partial charge in [-0.05, 0) is 67.6 Å². The van der Waals surface area contributed by atoms with Crippen LogP contribution >= 0.6 is 0 Å². The molecule has 0 heterocycles. The third-order valence-corrected chi connectivity index (χ3v) is 6.22. The van der Waals surface area contributed by atoms with E-state index in [1.165, 1.54) is 6.42 Å². The lowest BCUT2D eigenvalue weighted by atomic mass is 9.44. The van der Waals surface area contributed by atoms with Gasteiger partial charge in [-0.1, -0.05) is 13.0 Å². The van der Waals surface area contributed by atoms with Crippen LogP contribution in [0.15, 0.2) is 11.6 Å². The third-order valence-electron chi connectivity index (χ3n) is 6.22. The van der Waals surface area contributed by atoms with Crippen LogP contribution in [0.2, 0.25) is 0 Å². The summed E-state index contributed by atoms with van der Waals surface area (Å²) in [5.74, 6) is -0.0745. The van der Waals surface area contributed by atoms with Gasteiger partial charge in [0.05, 0.1) is 0 Å². The van der Waals surface area contributed by atoms with E-state index in [0.717, 1.165) is 31.8 Å². The summed E-state index contributed by atoms with van der Waals surface area (Å²) in [6.45, 7) is 1.91. The van der Waals surface area contributed by atoms with Crippen molar-refractivity contribution in [2.75, 3.05) is 0 Å². The van der Waals surface area contributed by atoms with E-state index in [-0.39, 0.29) is 11.8 Å². The van der Waals surface area contributed by atoms with Crippen molar-refractivity contribution in [3.63, 3.8) is 0 Å². The number of aliphatic carboxylic acids is 1. The molecule has 4 fully saturated rings. The zero-order valence-electron chi connectivity index (χ0n) is 12.1. The predicted octanol–water partition coefficient (Wildman–Crippen LogP) is 4.41. The Morgan fingerprint density at radius 3 is 1.95 bits per heavy atom. The minimum atomic E-state index is -4.78. The molecule has 4 bridgehead atoms. The number of rotatable bonds is 3. The first kappa shape index (κ1) is 14.9. The lowest BCUT2D eigenvalue weighted by molar-refractivity contribution is -0.146. The summed E-state index contributed by atoms with van der Waals surface area (Å²) in [5.41, 5.74) is -1.92. The SMILES string of the molecule is CCC1(C=C(C(=O)O)C(F)(F)F)C2CC3CC(C2)CC1C3. The van der Waals surface area contributed by atoms with Crippen LogP contribution in [-0.2, 0) is 4.79 Å². The average molecular weight is 302 g/mol. The largest absolute Gasteiger partial charge is 0.478 e. The number of halogens is 3. The lowest BCUT2D eigenvalue weighted by Crippen LogP contribution is -2.52. The monoisotopic (exact) mass is 302 g/mol. The molecule has 5 heteroatoms. The van der Waals surface area contributed by atoms with Gasteiger partial charge in [0, 0.05) is 0 Å². The van der Waals surface area contributed by atoms with Crippen molar-refractivity contribution in [3.05, 3.63) is 11.6 Å². The molecule has 1 N–H and O–H groups in total. The fraction of sp³-hybridized carbons (Fsp3) is 0.812. The van der Waals surface area contributed by atoms with Crippen molar-refractivity contribution in [1.29, 1.82) is 0 Å². The zero-order valence-corrected chi connectivity index (χ0v) is 12.1. The Morgan fingerprint density at radius 2 is 1.62 bits per heavy atom. The summed E-state index contributed by atoms with van der Waals surface area (Å²) in [4.78, 5) is 11.1. The van der Waals surface area contributed by atoms with Crippen LogP contribution in [-0.4, -0.2) is 17.3 Å². The van der Waals surface area contributed by atoms with Gasteiger partial charge in [-0.15, -0.1) is 0 Å². The van der Waals surface area contributed by atoms with Crippen molar-refractivity contribution in [2.24, 2.45) is 29.1 Å². The van der Waals surface area contributed by atoms with Gasteiger partial charge in [-0.3, -0.25) is 0 Å². The summed E-state index contributed by atoms with van der Waals surface area (Å²) in [5, 5.41) is 8.99. The Labute approximate surface area is 122 Å². The van der Waals surface area contributed by atoms with E-state index in [1.807, 2.05) is 6.92 Å². The highest BCUT2D eigenvalue weighted by Gasteiger charge is 2.56. The quantitative estimate of drug-likeness (QED) is 0.784. The third kappa shape index (κ3) is 2.29. The molecule has 4 rings (SSSR count). The number of carbonyl (C=O) groups is 1. The molecule has 0 atom stereocenters. The molecule has 0 aromatic rings. The molecule has 0 aromatic carbocycles. The lowest BCUT2D eigenvalue weighted by Gasteiger charge is -2.60. The van der Waals surface area contributed by atoms with E-state index in [4.69, 9.17) is 5.11 Å². The highest BCUT2D eigenvalue weighted by Crippen LogP contribution is 2.64. The van der Waals surface area contributed by atoms with E-state index in [2.05, 4.69) is 0 Å². The molecule has 0 aromatic heterocycles. The Morgan fingerprint density at radius 1 is 1.14 bits per heavy atom. The highest BCUT2D eigenvalue weighted by molar-refractivity contribution is 5.88. The van der Waals surface area contributed by atoms with Crippen LogP contribution in [0.1, 0.15) is 45.4 Å². The van der Waals surface area contributed by atoms with Crippen LogP contribution in [0.5, 0.6) is 0 Å². The first-order valence-electron chi connectivity index (χ1n) is 7.79. The highest BCUT2D eigenvalue weighted by atomic mass is 19.4. The van der Waals surface area contributed by atoms with E-state index in [0.29, 0.717) is 18.3 Å². The second-order valence-corrected chi connectivity index (χ2v) is 7.13. The molecule has 118 valence electrons. The van der Waals surface area contributed by atoms with Crippen LogP contribution in [0, 0.1) is 29.1 Å². The van der Waals surface area contributed by atoms with Gasteiger partial charge < -0.3 is 5.11 Å². The topological polar surface area (TPSA) is 37.3 Å². The van der Waals surface area contributed by atoms with E-state index in [9.17, 15) is 18.0 Å². The predicted molar refractivity (Wildman–Crippen MR) is 71.5 cm³/mol. The van der Waals surface area contributed by atoms with Gasteiger partial charge in [0.1, 0.15) is 5.57 Å². The van der Waals surface area contributed by atoms with E-state index < -0.39 is 23.1 Å². The molecule has 0 radical (unpaired) electrons. The number of alkyl halides is 3. The standard InChI is InChI=1S/C16H21F3O2/c1-2-15(8-13(14(20)21)16(17,18)19)11-4-9-3-10(6-11)7-12(15)5-9/h8-12H,2-7H2,1H3,(H,20,21). The molecule has 4 aliphatic carbocycles. The fourth-order valence-electron chi connectivity index (χ4n) is 5.51. The molecule has 4 aliphatic rings. The molecular formula is C16H21F3O2. The normalized spacial score (nSPS) is 42.4. The number of carboxylic acid groups (broad SMARTS) is 1. The van der Waals surface area contributed by atoms with E-state index >= 15 is 0 Å². The average Bonchev–Trinajstić information content (AvgIpc) is 2.36. The molecule has 4 saturated carbocycles. The smallest absolute Gasteiger partial charge is 0.423 e. The van der Waals surface area contributed by atoms with Crippen molar-refractivity contribution >= 4 is 5.97 Å². The van der Waals surface area contributed by atoms with Crippen molar-refractivity contribution < 1.29 is 23.1 Å². The summed E-state index contributed by atoms with van der Waals surface area (Å²) in [6, 6.07) is 0. The Bertz CT molecular complexity index is 450. The van der Waals surface area contributed by atoms with Gasteiger partial charge in [-0.25, -0.2) is 4.79 Å². The van der Waals surface area contributed by atoms with Gasteiger partial charge >= 0.3 is 12.1 Å². The number of hydrogen-bond acceptors (Lipinski definition) is 1. The maximum absolute atomic E-state index is 13.0. The molecule has 0 aliphatic heterocycles. The van der Waals surface area contributed by atoms with Crippen LogP contribution in [0.25, 0.3) is 0 Å². The van der Waals surface area contributed by atoms with Gasteiger partial charge in [0.2, 0.25) is 0 Å². The summed E-state index contributed by atoms with van der Waals surface area (Å²) < 4.78 is 39.1. The van der Waals surface area contributed by atoms with Gasteiger partial charge in [0.25, 0.3) is 0 Å². The maximum Gasteiger partial charge on any atom is 0.423 e. The summed E-state index contributed by atoms with van der Waals surface area (Å²) >= 11 is 0. The fourth-order valence-corrected chi connectivity index (χ4v) is 5.51. The minimum absolute atomic E-state index is 0.232. The maximum atomic E-state index is 13.0. The summed E-state index contributed by atoms with van der Waals surface area (Å²) in [6.07, 6.45) is 2.05. The summed E-state index contributed by atoms with van der Waals surface area (Å²) in [7, 11) is 0. The van der Waals surface area contributed by atoms with Crippen molar-refractivity contribution in [1.82, 2.24) is 0 Å². The van der Waals surface area contributed by atoms with Gasteiger partial charge in [0.15, 0.2) is 0 Å². The van der Waals surface area contributed by atoms with Crippen LogP contribution in [0.3, 0.4) is 0 Å². The first-order chi connectivity index (χ1) is 9.76. The van der Waals surface area contributed by atoms with Crippen molar-refractivity contribution in [2.45, 2.75) is 51.6 Å². The molecule has 0 saturated heterocycles. The Balaban J connectivity index is 2.02. The van der Waals surface area contributed by atoms with Gasteiger partial charge in [-0.2, -0.15) is 13.2 Å².